The first-order valence-corrected chi connectivity index (χ1v) is 8.41. The van der Waals surface area contributed by atoms with Crippen LogP contribution in [0.2, 0.25) is 0 Å². The Kier molecular flexibility index (Phi) is 4.94. The Labute approximate surface area is 134 Å². The molecular weight excluding hydrogens is 275 g/mol. The van der Waals surface area contributed by atoms with E-state index in [0.29, 0.717) is 5.92 Å². The van der Waals surface area contributed by atoms with Crippen LogP contribution in [0.15, 0.2) is 12.1 Å². The van der Waals surface area contributed by atoms with Gasteiger partial charge in [-0.25, -0.2) is 0 Å². The summed E-state index contributed by atoms with van der Waals surface area (Å²) in [6.45, 7) is 8.23. The Morgan fingerprint density at radius 2 is 2.23 bits per heavy atom. The molecule has 1 unspecified atom stereocenters. The predicted octanol–water partition coefficient (Wildman–Crippen LogP) is 1.43. The van der Waals surface area contributed by atoms with Gasteiger partial charge in [-0.05, 0) is 55.1 Å². The van der Waals surface area contributed by atoms with Crippen molar-refractivity contribution in [1.29, 1.82) is 0 Å². The average Bonchev–Trinajstić information content (AvgIpc) is 2.65. The molecule has 0 N–H and O–H groups in total. The lowest BCUT2D eigenvalue weighted by Crippen LogP contribution is -2.34. The van der Waals surface area contributed by atoms with Gasteiger partial charge in [0.1, 0.15) is 12.4 Å². The summed E-state index contributed by atoms with van der Waals surface area (Å²) in [5, 5.41) is 0. The lowest BCUT2D eigenvalue weighted by atomic mass is 9.93. The number of nitrogens with zero attached hydrogens (tertiary/aromatic N) is 2. The zero-order chi connectivity index (χ0) is 15.5. The Morgan fingerprint density at radius 3 is 3.05 bits per heavy atom. The Morgan fingerprint density at radius 1 is 1.36 bits per heavy atom. The summed E-state index contributed by atoms with van der Waals surface area (Å²) < 4.78 is 11.1. The van der Waals surface area contributed by atoms with E-state index in [9.17, 15) is 0 Å². The second kappa shape index (κ2) is 6.92. The van der Waals surface area contributed by atoms with Crippen molar-refractivity contribution in [2.75, 3.05) is 51.4 Å². The second-order valence-corrected chi connectivity index (χ2v) is 6.61. The van der Waals surface area contributed by atoms with Crippen LogP contribution in [0.4, 0.5) is 5.69 Å². The number of ether oxygens (including phenoxy) is 2. The highest BCUT2D eigenvalue weighted by Crippen LogP contribution is 2.38. The normalized spacial score (nSPS) is 21.7. The lowest BCUT2D eigenvalue weighted by molar-refractivity contribution is 0.195. The number of methoxy groups -OCH3 is 1. The minimum absolute atomic E-state index is 0.579. The van der Waals surface area contributed by atoms with Gasteiger partial charge < -0.3 is 19.2 Å². The molecule has 0 bridgehead atoms. The predicted molar refractivity (Wildman–Crippen MR) is 92.9 cm³/mol. The van der Waals surface area contributed by atoms with Crippen molar-refractivity contribution >= 4 is 13.7 Å². The monoisotopic (exact) mass is 302 g/mol. The number of benzene rings is 1. The lowest BCUT2D eigenvalue weighted by Gasteiger charge is -2.32. The van der Waals surface area contributed by atoms with E-state index in [-0.39, 0.29) is 0 Å². The van der Waals surface area contributed by atoms with E-state index in [0.717, 1.165) is 58.0 Å². The van der Waals surface area contributed by atoms with Gasteiger partial charge >= 0.3 is 0 Å². The standard InChI is InChI=1S/C17H27BN2O2/c1-13-12-20(18)6-4-14-10-17-16(11-15(13)14)19(7-9-22-17)5-3-8-21-2/h10-11,13H,3-9,12,18H2,1-2H3. The molecule has 120 valence electrons. The van der Waals surface area contributed by atoms with E-state index in [2.05, 4.69) is 36.7 Å². The van der Waals surface area contributed by atoms with Crippen molar-refractivity contribution in [3.05, 3.63) is 23.3 Å². The molecule has 0 spiro atoms. The molecule has 4 nitrogen and oxygen atoms in total. The third-order valence-corrected chi connectivity index (χ3v) is 4.84. The molecule has 1 aromatic carbocycles. The molecule has 0 saturated heterocycles. The highest BCUT2D eigenvalue weighted by molar-refractivity contribution is 6.04. The summed E-state index contributed by atoms with van der Waals surface area (Å²) in [6, 6.07) is 4.68. The van der Waals surface area contributed by atoms with Gasteiger partial charge in [-0.15, -0.1) is 0 Å². The molecule has 0 amide bonds. The SMILES string of the molecule is BN1CCc2cc3c(cc2C(C)C1)N(CCCOC)CCO3. The summed E-state index contributed by atoms with van der Waals surface area (Å²) in [5.74, 6) is 1.65. The van der Waals surface area contributed by atoms with Crippen LogP contribution in [0.5, 0.6) is 5.75 Å². The summed E-state index contributed by atoms with van der Waals surface area (Å²) in [6.07, 6.45) is 2.18. The van der Waals surface area contributed by atoms with Crippen molar-refractivity contribution in [1.82, 2.24) is 4.81 Å². The van der Waals surface area contributed by atoms with Crippen molar-refractivity contribution < 1.29 is 9.47 Å². The summed E-state index contributed by atoms with van der Waals surface area (Å²) >= 11 is 0. The Hall–Kier alpha value is -1.20. The van der Waals surface area contributed by atoms with E-state index in [1.807, 2.05) is 0 Å². The number of hydrogen-bond acceptors (Lipinski definition) is 4. The van der Waals surface area contributed by atoms with Crippen LogP contribution >= 0.6 is 0 Å². The smallest absolute Gasteiger partial charge is 0.185 e. The molecule has 2 aliphatic heterocycles. The molecular formula is C17H27BN2O2. The molecule has 1 atom stereocenters. The fourth-order valence-corrected chi connectivity index (χ4v) is 3.65. The third-order valence-electron chi connectivity index (χ3n) is 4.84. The van der Waals surface area contributed by atoms with Crippen LogP contribution in [0.3, 0.4) is 0 Å². The number of hydrogen-bond donors (Lipinski definition) is 0. The molecule has 0 aliphatic carbocycles. The second-order valence-electron chi connectivity index (χ2n) is 6.61. The first-order valence-electron chi connectivity index (χ1n) is 8.41. The summed E-state index contributed by atoms with van der Waals surface area (Å²) in [7, 11) is 3.99. The van der Waals surface area contributed by atoms with E-state index >= 15 is 0 Å². The summed E-state index contributed by atoms with van der Waals surface area (Å²) in [4.78, 5) is 4.89. The number of anilines is 1. The van der Waals surface area contributed by atoms with Gasteiger partial charge in [-0.1, -0.05) is 6.92 Å². The minimum Gasteiger partial charge on any atom is -0.490 e. The van der Waals surface area contributed by atoms with Gasteiger partial charge in [0.2, 0.25) is 0 Å². The first-order chi connectivity index (χ1) is 10.7. The van der Waals surface area contributed by atoms with Crippen LogP contribution in [0.25, 0.3) is 0 Å². The van der Waals surface area contributed by atoms with Gasteiger partial charge in [-0.2, -0.15) is 0 Å². The van der Waals surface area contributed by atoms with Crippen molar-refractivity contribution in [2.45, 2.75) is 25.7 Å². The molecule has 1 aromatic rings. The highest BCUT2D eigenvalue weighted by atomic mass is 16.5. The van der Waals surface area contributed by atoms with Crippen molar-refractivity contribution in [3.63, 3.8) is 0 Å². The quantitative estimate of drug-likeness (QED) is 0.620. The van der Waals surface area contributed by atoms with Gasteiger partial charge in [-0.3, -0.25) is 0 Å². The van der Waals surface area contributed by atoms with Crippen LogP contribution in [0, 0.1) is 0 Å². The van der Waals surface area contributed by atoms with E-state index < -0.39 is 0 Å². The maximum Gasteiger partial charge on any atom is 0.185 e. The van der Waals surface area contributed by atoms with E-state index in [1.165, 1.54) is 16.8 Å². The van der Waals surface area contributed by atoms with Gasteiger partial charge in [0.15, 0.2) is 7.98 Å². The molecule has 2 heterocycles. The molecule has 0 saturated carbocycles. The molecule has 5 heteroatoms. The van der Waals surface area contributed by atoms with Gasteiger partial charge in [0.25, 0.3) is 0 Å². The van der Waals surface area contributed by atoms with E-state index in [1.54, 1.807) is 7.11 Å². The zero-order valence-electron chi connectivity index (χ0n) is 14.1. The maximum atomic E-state index is 5.94. The fourth-order valence-electron chi connectivity index (χ4n) is 3.65. The third kappa shape index (κ3) is 3.25. The Bertz CT molecular complexity index is 524. The molecule has 0 fully saturated rings. The molecule has 0 aromatic heterocycles. The van der Waals surface area contributed by atoms with Crippen LogP contribution < -0.4 is 9.64 Å². The zero-order valence-corrected chi connectivity index (χ0v) is 14.1. The molecule has 0 radical (unpaired) electrons. The molecule has 3 rings (SSSR count). The first kappa shape index (κ1) is 15.7. The van der Waals surface area contributed by atoms with Crippen LogP contribution in [0.1, 0.15) is 30.4 Å². The fraction of sp³-hybridized carbons (Fsp3) is 0.647. The minimum atomic E-state index is 0.579. The van der Waals surface area contributed by atoms with Gasteiger partial charge in [0.05, 0.1) is 12.2 Å². The Balaban J connectivity index is 1.87. The van der Waals surface area contributed by atoms with Crippen LogP contribution in [-0.2, 0) is 11.2 Å². The van der Waals surface area contributed by atoms with Gasteiger partial charge in [0, 0.05) is 20.3 Å². The van der Waals surface area contributed by atoms with Crippen molar-refractivity contribution in [2.24, 2.45) is 0 Å². The largest absolute Gasteiger partial charge is 0.490 e. The van der Waals surface area contributed by atoms with Crippen LogP contribution in [-0.4, -0.2) is 59.3 Å². The number of fused-ring (bicyclic) bond motifs is 2. The highest BCUT2D eigenvalue weighted by Gasteiger charge is 2.24. The average molecular weight is 302 g/mol. The molecule has 22 heavy (non-hydrogen) atoms. The number of rotatable bonds is 4. The summed E-state index contributed by atoms with van der Waals surface area (Å²) in [5.41, 5.74) is 4.25. The maximum absolute atomic E-state index is 5.94. The topological polar surface area (TPSA) is 24.9 Å². The van der Waals surface area contributed by atoms with E-state index in [4.69, 9.17) is 9.47 Å². The molecule has 2 aliphatic rings. The van der Waals surface area contributed by atoms with Crippen molar-refractivity contribution in [3.8, 4) is 5.75 Å².